The molecule has 0 aliphatic rings. The zero-order chi connectivity index (χ0) is 14.4. The van der Waals surface area contributed by atoms with Crippen molar-refractivity contribution < 1.29 is 4.39 Å². The van der Waals surface area contributed by atoms with Crippen LogP contribution >= 0.6 is 11.8 Å². The summed E-state index contributed by atoms with van der Waals surface area (Å²) in [7, 11) is 0. The van der Waals surface area contributed by atoms with Crippen LogP contribution in [0.2, 0.25) is 0 Å². The number of nitrogens with one attached hydrogen (secondary N) is 1. The largest absolute Gasteiger partial charge is 0.310 e. The molecule has 0 saturated carbocycles. The van der Waals surface area contributed by atoms with Gasteiger partial charge in [-0.3, -0.25) is 0 Å². The van der Waals surface area contributed by atoms with Crippen molar-refractivity contribution >= 4 is 11.8 Å². The minimum atomic E-state index is -0.137. The van der Waals surface area contributed by atoms with Crippen LogP contribution in [0.3, 0.4) is 0 Å². The Morgan fingerprint density at radius 3 is 2.55 bits per heavy atom. The standard InChI is InChI=1S/C17H20FNS/c1-3-12-19-13(2)17-15(18)10-7-11-16(17)20-14-8-5-4-6-9-14/h4-11,13,19H,3,12H2,1-2H3. The minimum absolute atomic E-state index is 0.0161. The van der Waals surface area contributed by atoms with E-state index in [4.69, 9.17) is 0 Å². The summed E-state index contributed by atoms with van der Waals surface area (Å²) in [5.41, 5.74) is 0.759. The molecule has 0 spiro atoms. The van der Waals surface area contributed by atoms with Crippen molar-refractivity contribution in [3.8, 4) is 0 Å². The lowest BCUT2D eigenvalue weighted by Gasteiger charge is -2.18. The van der Waals surface area contributed by atoms with Gasteiger partial charge in [0.15, 0.2) is 0 Å². The van der Waals surface area contributed by atoms with E-state index < -0.39 is 0 Å². The van der Waals surface area contributed by atoms with Gasteiger partial charge in [-0.25, -0.2) is 4.39 Å². The van der Waals surface area contributed by atoms with Crippen molar-refractivity contribution in [3.05, 3.63) is 59.9 Å². The van der Waals surface area contributed by atoms with Gasteiger partial charge in [-0.2, -0.15) is 0 Å². The molecule has 2 aromatic carbocycles. The van der Waals surface area contributed by atoms with Gasteiger partial charge in [0.05, 0.1) is 0 Å². The van der Waals surface area contributed by atoms with Crippen LogP contribution in [-0.4, -0.2) is 6.54 Å². The Bertz CT molecular complexity index is 542. The molecule has 2 aromatic rings. The molecule has 0 saturated heterocycles. The maximum absolute atomic E-state index is 14.2. The second kappa shape index (κ2) is 7.46. The van der Waals surface area contributed by atoms with Gasteiger partial charge in [-0.1, -0.05) is 43.0 Å². The van der Waals surface area contributed by atoms with E-state index >= 15 is 0 Å². The molecular weight excluding hydrogens is 269 g/mol. The summed E-state index contributed by atoms with van der Waals surface area (Å²) in [5.74, 6) is -0.137. The fourth-order valence-electron chi connectivity index (χ4n) is 2.10. The third kappa shape index (κ3) is 3.84. The van der Waals surface area contributed by atoms with Crippen molar-refractivity contribution in [1.29, 1.82) is 0 Å². The van der Waals surface area contributed by atoms with Crippen LogP contribution in [0.25, 0.3) is 0 Å². The molecular formula is C17H20FNS. The summed E-state index contributed by atoms with van der Waals surface area (Å²) in [6.45, 7) is 5.02. The number of rotatable bonds is 6. The molecule has 0 aliphatic heterocycles. The highest BCUT2D eigenvalue weighted by Crippen LogP contribution is 2.34. The lowest BCUT2D eigenvalue weighted by Crippen LogP contribution is -2.20. The normalized spacial score (nSPS) is 12.3. The molecule has 106 valence electrons. The Labute approximate surface area is 124 Å². The summed E-state index contributed by atoms with van der Waals surface area (Å²) >= 11 is 1.61. The van der Waals surface area contributed by atoms with E-state index in [-0.39, 0.29) is 11.9 Å². The summed E-state index contributed by atoms with van der Waals surface area (Å²) in [6, 6.07) is 15.4. The Morgan fingerprint density at radius 1 is 1.10 bits per heavy atom. The summed E-state index contributed by atoms with van der Waals surface area (Å²) in [4.78, 5) is 2.11. The van der Waals surface area contributed by atoms with Crippen LogP contribution in [0.1, 0.15) is 31.9 Å². The van der Waals surface area contributed by atoms with Crippen molar-refractivity contribution in [3.63, 3.8) is 0 Å². The fourth-order valence-corrected chi connectivity index (χ4v) is 3.18. The molecule has 1 N–H and O–H groups in total. The zero-order valence-corrected chi connectivity index (χ0v) is 12.7. The third-order valence-electron chi connectivity index (χ3n) is 3.12. The number of hydrogen-bond acceptors (Lipinski definition) is 2. The average molecular weight is 289 g/mol. The lowest BCUT2D eigenvalue weighted by atomic mass is 10.1. The van der Waals surface area contributed by atoms with Gasteiger partial charge in [0.2, 0.25) is 0 Å². The molecule has 2 rings (SSSR count). The molecule has 1 nitrogen and oxygen atoms in total. The van der Waals surface area contributed by atoms with Gasteiger partial charge in [-0.05, 0) is 44.2 Å². The molecule has 0 aromatic heterocycles. The molecule has 3 heteroatoms. The van der Waals surface area contributed by atoms with E-state index in [0.717, 1.165) is 28.3 Å². The van der Waals surface area contributed by atoms with Gasteiger partial charge in [0.25, 0.3) is 0 Å². The first-order valence-corrected chi connectivity index (χ1v) is 7.78. The van der Waals surface area contributed by atoms with E-state index in [9.17, 15) is 4.39 Å². The SMILES string of the molecule is CCCNC(C)c1c(F)cccc1Sc1ccccc1. The maximum atomic E-state index is 14.2. The van der Waals surface area contributed by atoms with Crippen LogP contribution in [0, 0.1) is 5.82 Å². The molecule has 20 heavy (non-hydrogen) atoms. The van der Waals surface area contributed by atoms with Gasteiger partial charge in [-0.15, -0.1) is 0 Å². The van der Waals surface area contributed by atoms with Gasteiger partial charge in [0.1, 0.15) is 5.82 Å². The number of benzene rings is 2. The average Bonchev–Trinajstić information content (AvgIpc) is 2.46. The Kier molecular flexibility index (Phi) is 5.62. The van der Waals surface area contributed by atoms with Gasteiger partial charge >= 0.3 is 0 Å². The lowest BCUT2D eigenvalue weighted by molar-refractivity contribution is 0.519. The predicted octanol–water partition coefficient (Wildman–Crippen LogP) is 5.04. The van der Waals surface area contributed by atoms with E-state index in [1.54, 1.807) is 17.8 Å². The summed E-state index contributed by atoms with van der Waals surface area (Å²) in [5, 5.41) is 3.36. The summed E-state index contributed by atoms with van der Waals surface area (Å²) in [6.07, 6.45) is 1.04. The monoisotopic (exact) mass is 289 g/mol. The second-order valence-electron chi connectivity index (χ2n) is 4.74. The van der Waals surface area contributed by atoms with Crippen LogP contribution in [0.5, 0.6) is 0 Å². The number of hydrogen-bond donors (Lipinski definition) is 1. The van der Waals surface area contributed by atoms with E-state index in [0.29, 0.717) is 0 Å². The zero-order valence-electron chi connectivity index (χ0n) is 11.9. The second-order valence-corrected chi connectivity index (χ2v) is 5.86. The fraction of sp³-hybridized carbons (Fsp3) is 0.294. The smallest absolute Gasteiger partial charge is 0.129 e. The molecule has 0 amide bonds. The Balaban J connectivity index is 2.26. The minimum Gasteiger partial charge on any atom is -0.310 e. The van der Waals surface area contributed by atoms with Crippen molar-refractivity contribution in [1.82, 2.24) is 5.32 Å². The number of halogens is 1. The van der Waals surface area contributed by atoms with Crippen molar-refractivity contribution in [2.45, 2.75) is 36.1 Å². The summed E-state index contributed by atoms with van der Waals surface area (Å²) < 4.78 is 14.2. The van der Waals surface area contributed by atoms with E-state index in [1.165, 1.54) is 6.07 Å². The molecule has 0 radical (unpaired) electrons. The maximum Gasteiger partial charge on any atom is 0.129 e. The van der Waals surface area contributed by atoms with Crippen molar-refractivity contribution in [2.24, 2.45) is 0 Å². The van der Waals surface area contributed by atoms with Gasteiger partial charge < -0.3 is 5.32 Å². The molecule has 0 bridgehead atoms. The third-order valence-corrected chi connectivity index (χ3v) is 4.20. The quantitative estimate of drug-likeness (QED) is 0.799. The predicted molar refractivity (Wildman–Crippen MR) is 83.7 cm³/mol. The highest BCUT2D eigenvalue weighted by molar-refractivity contribution is 7.99. The topological polar surface area (TPSA) is 12.0 Å². The van der Waals surface area contributed by atoms with Crippen molar-refractivity contribution in [2.75, 3.05) is 6.54 Å². The van der Waals surface area contributed by atoms with Gasteiger partial charge in [0, 0.05) is 21.4 Å². The van der Waals surface area contributed by atoms with E-state index in [2.05, 4.69) is 12.2 Å². The first kappa shape index (κ1) is 15.1. The molecule has 1 atom stereocenters. The van der Waals surface area contributed by atoms with Crippen LogP contribution in [0.4, 0.5) is 4.39 Å². The molecule has 0 heterocycles. The van der Waals surface area contributed by atoms with Crippen LogP contribution in [0.15, 0.2) is 58.3 Å². The van der Waals surface area contributed by atoms with E-state index in [1.807, 2.05) is 43.3 Å². The Morgan fingerprint density at radius 2 is 1.85 bits per heavy atom. The molecule has 1 unspecified atom stereocenters. The first-order valence-electron chi connectivity index (χ1n) is 6.97. The Hall–Kier alpha value is -1.32. The molecule has 0 fully saturated rings. The van der Waals surface area contributed by atoms with Crippen LogP contribution in [-0.2, 0) is 0 Å². The van der Waals surface area contributed by atoms with Crippen LogP contribution < -0.4 is 5.32 Å². The molecule has 0 aliphatic carbocycles. The first-order chi connectivity index (χ1) is 9.72. The highest BCUT2D eigenvalue weighted by atomic mass is 32.2. The highest BCUT2D eigenvalue weighted by Gasteiger charge is 2.15.